The van der Waals surface area contributed by atoms with E-state index in [1.165, 1.54) is 11.1 Å². The van der Waals surface area contributed by atoms with Gasteiger partial charge in [0, 0.05) is 23.2 Å². The third kappa shape index (κ3) is 3.18. The zero-order chi connectivity index (χ0) is 21.7. The van der Waals surface area contributed by atoms with Crippen molar-refractivity contribution in [1.29, 1.82) is 0 Å². The summed E-state index contributed by atoms with van der Waals surface area (Å²) in [5.74, 6) is -0.0214. The van der Waals surface area contributed by atoms with Crippen LogP contribution in [0.1, 0.15) is 33.5 Å². The van der Waals surface area contributed by atoms with Crippen molar-refractivity contribution in [3.05, 3.63) is 94.3 Å². The summed E-state index contributed by atoms with van der Waals surface area (Å²) in [5, 5.41) is 6.00. The van der Waals surface area contributed by atoms with Gasteiger partial charge in [-0.05, 0) is 41.3 Å². The van der Waals surface area contributed by atoms with Crippen molar-refractivity contribution in [3.63, 3.8) is 0 Å². The number of rotatable bonds is 3. The molecule has 6 nitrogen and oxygen atoms in total. The summed E-state index contributed by atoms with van der Waals surface area (Å²) in [6, 6.07) is 17.9. The lowest BCUT2D eigenvalue weighted by molar-refractivity contribution is -0.0283. The Hall–Kier alpha value is -3.22. The van der Waals surface area contributed by atoms with Gasteiger partial charge in [-0.2, -0.15) is 5.10 Å². The van der Waals surface area contributed by atoms with Crippen molar-refractivity contribution in [3.8, 4) is 0 Å². The van der Waals surface area contributed by atoms with E-state index >= 15 is 0 Å². The Kier molecular flexibility index (Phi) is 4.52. The Labute approximate surface area is 190 Å². The largest absolute Gasteiger partial charge is 0.364 e. The second-order valence-corrected chi connectivity index (χ2v) is 8.92. The number of amides is 1. The van der Waals surface area contributed by atoms with Crippen molar-refractivity contribution < 1.29 is 9.53 Å². The first-order chi connectivity index (χ1) is 15.6. The molecule has 1 amide bonds. The predicted molar refractivity (Wildman–Crippen MR) is 122 cm³/mol. The van der Waals surface area contributed by atoms with Crippen LogP contribution in [-0.4, -0.2) is 38.7 Å². The van der Waals surface area contributed by atoms with Gasteiger partial charge in [0.25, 0.3) is 5.91 Å². The predicted octanol–water partition coefficient (Wildman–Crippen LogP) is 4.40. The Morgan fingerprint density at radius 3 is 2.94 bits per heavy atom. The molecule has 0 radical (unpaired) electrons. The first-order valence-electron chi connectivity index (χ1n) is 10.7. The monoisotopic (exact) mass is 444 g/mol. The molecule has 6 rings (SSSR count). The summed E-state index contributed by atoms with van der Waals surface area (Å²) in [6.45, 7) is 2.40. The van der Waals surface area contributed by atoms with Gasteiger partial charge in [0.15, 0.2) is 5.65 Å². The molecule has 0 N–H and O–H groups in total. The van der Waals surface area contributed by atoms with Gasteiger partial charge in [0.1, 0.15) is 5.60 Å². The molecule has 4 heterocycles. The summed E-state index contributed by atoms with van der Waals surface area (Å²) in [7, 11) is 0. The molecule has 160 valence electrons. The van der Waals surface area contributed by atoms with Gasteiger partial charge >= 0.3 is 0 Å². The number of aromatic nitrogens is 3. The summed E-state index contributed by atoms with van der Waals surface area (Å²) in [4.78, 5) is 19.7. The molecular formula is C25H21ClN4O2. The van der Waals surface area contributed by atoms with E-state index in [-0.39, 0.29) is 11.5 Å². The summed E-state index contributed by atoms with van der Waals surface area (Å²) in [6.07, 6.45) is 4.21. The fraction of sp³-hybridized carbons (Fsp3) is 0.240. The van der Waals surface area contributed by atoms with Crippen LogP contribution >= 0.6 is 11.6 Å². The first-order valence-corrected chi connectivity index (χ1v) is 11.1. The minimum Gasteiger partial charge on any atom is -0.364 e. The van der Waals surface area contributed by atoms with Gasteiger partial charge in [-0.15, -0.1) is 0 Å². The van der Waals surface area contributed by atoms with Gasteiger partial charge in [0.05, 0.1) is 31.5 Å². The first kappa shape index (κ1) is 19.5. The molecule has 1 saturated heterocycles. The maximum Gasteiger partial charge on any atom is 0.255 e. The molecule has 7 heteroatoms. The third-order valence-electron chi connectivity index (χ3n) is 6.48. The molecule has 4 aromatic rings. The molecule has 1 fully saturated rings. The molecule has 2 aromatic carbocycles. The van der Waals surface area contributed by atoms with Crippen LogP contribution in [0.15, 0.2) is 67.0 Å². The van der Waals surface area contributed by atoms with E-state index in [0.717, 1.165) is 23.0 Å². The standard InChI is InChI=1S/C25H21ClN4O2/c26-21-6-3-4-17(10-21)14-30-23-19(13-28-30)11-20(12-27-23)24(31)29-9-8-25(16-29)22-7-2-1-5-18(22)15-32-25/h1-7,10-13H,8-9,14-16H2. The van der Waals surface area contributed by atoms with Crippen molar-refractivity contribution in [2.75, 3.05) is 13.1 Å². The molecule has 0 bridgehead atoms. The molecule has 2 aromatic heterocycles. The van der Waals surface area contributed by atoms with Crippen molar-refractivity contribution in [2.24, 2.45) is 0 Å². The minimum atomic E-state index is -0.383. The van der Waals surface area contributed by atoms with Crippen LogP contribution < -0.4 is 0 Å². The average molecular weight is 445 g/mol. The number of pyridine rings is 1. The average Bonchev–Trinajstić information content (AvgIpc) is 3.52. The number of hydrogen-bond acceptors (Lipinski definition) is 4. The van der Waals surface area contributed by atoms with Gasteiger partial charge in [-0.25, -0.2) is 9.67 Å². The molecule has 2 aliphatic heterocycles. The zero-order valence-electron chi connectivity index (χ0n) is 17.4. The number of hydrogen-bond donors (Lipinski definition) is 0. The normalized spacial score (nSPS) is 19.7. The number of likely N-dealkylation sites (tertiary alicyclic amines) is 1. The molecule has 1 spiro atoms. The maximum atomic E-state index is 13.3. The van der Waals surface area contributed by atoms with E-state index in [4.69, 9.17) is 16.3 Å². The molecule has 0 aliphatic carbocycles. The summed E-state index contributed by atoms with van der Waals surface area (Å²) < 4.78 is 8.02. The van der Waals surface area contributed by atoms with Gasteiger partial charge < -0.3 is 9.64 Å². The number of ether oxygens (including phenoxy) is 1. The van der Waals surface area contributed by atoms with Crippen LogP contribution in [0.3, 0.4) is 0 Å². The number of fused-ring (bicyclic) bond motifs is 3. The van der Waals surface area contributed by atoms with Crippen LogP contribution in [0.2, 0.25) is 5.02 Å². The minimum absolute atomic E-state index is 0.0214. The van der Waals surface area contributed by atoms with E-state index in [2.05, 4.69) is 22.2 Å². The van der Waals surface area contributed by atoms with Crippen LogP contribution in [0, 0.1) is 0 Å². The fourth-order valence-corrected chi connectivity index (χ4v) is 5.09. The summed E-state index contributed by atoms with van der Waals surface area (Å²) in [5.41, 5.74) is 4.41. The molecule has 1 unspecified atom stereocenters. The smallest absolute Gasteiger partial charge is 0.255 e. The quantitative estimate of drug-likeness (QED) is 0.469. The molecule has 0 saturated carbocycles. The van der Waals surface area contributed by atoms with Crippen LogP contribution in [-0.2, 0) is 23.5 Å². The number of carbonyl (C=O) groups is 1. The van der Waals surface area contributed by atoms with Gasteiger partial charge in [-0.3, -0.25) is 4.79 Å². The number of benzene rings is 2. The lowest BCUT2D eigenvalue weighted by Crippen LogP contribution is -2.34. The fourth-order valence-electron chi connectivity index (χ4n) is 4.87. The third-order valence-corrected chi connectivity index (χ3v) is 6.71. The highest BCUT2D eigenvalue weighted by atomic mass is 35.5. The van der Waals surface area contributed by atoms with E-state index < -0.39 is 0 Å². The highest BCUT2D eigenvalue weighted by Gasteiger charge is 2.46. The highest BCUT2D eigenvalue weighted by Crippen LogP contribution is 2.43. The van der Waals surface area contributed by atoms with Gasteiger partial charge in [0.2, 0.25) is 0 Å². The summed E-state index contributed by atoms with van der Waals surface area (Å²) >= 11 is 6.10. The Bertz CT molecular complexity index is 1350. The number of halogens is 1. The Morgan fingerprint density at radius 1 is 1.12 bits per heavy atom. The topological polar surface area (TPSA) is 60.2 Å². The SMILES string of the molecule is O=C(c1cnc2c(cnn2Cc2cccc(Cl)c2)c1)N1CCC2(C1)OCc1ccccc12. The molecule has 32 heavy (non-hydrogen) atoms. The number of carbonyl (C=O) groups excluding carboxylic acids is 1. The highest BCUT2D eigenvalue weighted by molar-refractivity contribution is 6.30. The Morgan fingerprint density at radius 2 is 2.03 bits per heavy atom. The second-order valence-electron chi connectivity index (χ2n) is 8.49. The van der Waals surface area contributed by atoms with Gasteiger partial charge in [-0.1, -0.05) is 48.0 Å². The van der Waals surface area contributed by atoms with E-state index in [1.54, 1.807) is 12.4 Å². The van der Waals surface area contributed by atoms with Crippen LogP contribution in [0.4, 0.5) is 0 Å². The van der Waals surface area contributed by atoms with E-state index in [0.29, 0.717) is 36.8 Å². The van der Waals surface area contributed by atoms with E-state index in [9.17, 15) is 4.79 Å². The van der Waals surface area contributed by atoms with Crippen molar-refractivity contribution >= 4 is 28.5 Å². The van der Waals surface area contributed by atoms with Crippen molar-refractivity contribution in [1.82, 2.24) is 19.7 Å². The van der Waals surface area contributed by atoms with Crippen molar-refractivity contribution in [2.45, 2.75) is 25.2 Å². The lowest BCUT2D eigenvalue weighted by Gasteiger charge is -2.24. The number of nitrogens with zero attached hydrogens (tertiary/aromatic N) is 4. The molecule has 1 atom stereocenters. The van der Waals surface area contributed by atoms with Crippen LogP contribution in [0.5, 0.6) is 0 Å². The zero-order valence-corrected chi connectivity index (χ0v) is 18.1. The Balaban J connectivity index is 1.23. The molecule has 2 aliphatic rings. The van der Waals surface area contributed by atoms with Crippen LogP contribution in [0.25, 0.3) is 11.0 Å². The molecular weight excluding hydrogens is 424 g/mol. The lowest BCUT2D eigenvalue weighted by atomic mass is 9.92. The second kappa shape index (κ2) is 7.43. The van der Waals surface area contributed by atoms with E-state index in [1.807, 2.05) is 52.0 Å². The maximum absolute atomic E-state index is 13.3.